The van der Waals surface area contributed by atoms with Crippen LogP contribution in [0.4, 0.5) is 5.69 Å². The van der Waals surface area contributed by atoms with Gasteiger partial charge in [0.15, 0.2) is 0 Å². The maximum absolute atomic E-state index is 6.05. The van der Waals surface area contributed by atoms with Crippen molar-refractivity contribution in [3.63, 3.8) is 0 Å². The molecule has 3 heteroatoms. The van der Waals surface area contributed by atoms with Crippen molar-refractivity contribution < 1.29 is 0 Å². The monoisotopic (exact) mass is 273 g/mol. The Morgan fingerprint density at radius 1 is 1.25 bits per heavy atom. The number of rotatable bonds is 3. The second-order valence-electron chi connectivity index (χ2n) is 6.40. The summed E-state index contributed by atoms with van der Waals surface area (Å²) in [5.41, 5.74) is 8.37. The van der Waals surface area contributed by atoms with Gasteiger partial charge in [0.05, 0.1) is 17.6 Å². The van der Waals surface area contributed by atoms with Gasteiger partial charge >= 0.3 is 0 Å². The van der Waals surface area contributed by atoms with Crippen LogP contribution in [0.1, 0.15) is 63.6 Å². The van der Waals surface area contributed by atoms with Gasteiger partial charge in [-0.25, -0.2) is 0 Å². The summed E-state index contributed by atoms with van der Waals surface area (Å²) in [5, 5.41) is 0. The Kier molecular flexibility index (Phi) is 4.25. The molecule has 2 heterocycles. The van der Waals surface area contributed by atoms with Crippen LogP contribution in [0.15, 0.2) is 18.3 Å². The van der Waals surface area contributed by atoms with E-state index in [2.05, 4.69) is 28.9 Å². The number of nitrogens with zero attached hydrogens (tertiary/aromatic N) is 2. The predicted molar refractivity (Wildman–Crippen MR) is 83.8 cm³/mol. The molecule has 3 nitrogen and oxygen atoms in total. The van der Waals surface area contributed by atoms with Crippen LogP contribution in [0.2, 0.25) is 0 Å². The number of anilines is 1. The molecule has 1 aromatic heterocycles. The fourth-order valence-electron chi connectivity index (χ4n) is 3.94. The van der Waals surface area contributed by atoms with Crippen molar-refractivity contribution in [2.75, 3.05) is 11.4 Å². The second kappa shape index (κ2) is 6.13. The molecule has 1 saturated carbocycles. The molecule has 1 aromatic rings. The molecule has 3 unspecified atom stereocenters. The highest BCUT2D eigenvalue weighted by atomic mass is 15.2. The first-order valence-corrected chi connectivity index (χ1v) is 8.27. The highest BCUT2D eigenvalue weighted by Crippen LogP contribution is 2.37. The van der Waals surface area contributed by atoms with Crippen LogP contribution in [-0.2, 0) is 0 Å². The van der Waals surface area contributed by atoms with E-state index < -0.39 is 0 Å². The third-order valence-corrected chi connectivity index (χ3v) is 5.17. The summed E-state index contributed by atoms with van der Waals surface area (Å²) in [6.07, 6.45) is 11.4. The van der Waals surface area contributed by atoms with Crippen LogP contribution in [0, 0.1) is 5.92 Å². The fourth-order valence-corrected chi connectivity index (χ4v) is 3.94. The molecule has 0 bridgehead atoms. The van der Waals surface area contributed by atoms with E-state index in [1.54, 1.807) is 0 Å². The number of pyridine rings is 1. The van der Waals surface area contributed by atoms with Crippen molar-refractivity contribution in [2.45, 2.75) is 64.0 Å². The quantitative estimate of drug-likeness (QED) is 0.914. The average Bonchev–Trinajstić information content (AvgIpc) is 2.54. The smallest absolute Gasteiger partial charge is 0.0572 e. The number of hydrogen-bond acceptors (Lipinski definition) is 3. The Morgan fingerprint density at radius 3 is 2.80 bits per heavy atom. The largest absolute Gasteiger partial charge is 0.367 e. The molecule has 2 N–H and O–H groups in total. The molecule has 0 spiro atoms. The third kappa shape index (κ3) is 2.69. The van der Waals surface area contributed by atoms with E-state index in [-0.39, 0.29) is 6.04 Å². The van der Waals surface area contributed by atoms with Gasteiger partial charge in [-0.1, -0.05) is 19.8 Å². The zero-order chi connectivity index (χ0) is 13.9. The van der Waals surface area contributed by atoms with Crippen LogP contribution < -0.4 is 10.6 Å². The van der Waals surface area contributed by atoms with Crippen molar-refractivity contribution in [1.29, 1.82) is 0 Å². The Bertz CT molecular complexity index is 426. The first kappa shape index (κ1) is 13.9. The first-order chi connectivity index (χ1) is 9.79. The molecular formula is C17H27N3. The molecular weight excluding hydrogens is 246 g/mol. The summed E-state index contributed by atoms with van der Waals surface area (Å²) < 4.78 is 0. The molecule has 0 aromatic carbocycles. The highest BCUT2D eigenvalue weighted by molar-refractivity contribution is 5.46. The van der Waals surface area contributed by atoms with Crippen LogP contribution in [0.5, 0.6) is 0 Å². The molecule has 20 heavy (non-hydrogen) atoms. The normalized spacial score (nSPS) is 28.0. The molecule has 3 rings (SSSR count). The van der Waals surface area contributed by atoms with Crippen molar-refractivity contribution in [1.82, 2.24) is 4.98 Å². The van der Waals surface area contributed by atoms with Gasteiger partial charge in [-0.3, -0.25) is 4.98 Å². The Morgan fingerprint density at radius 2 is 2.05 bits per heavy atom. The minimum atomic E-state index is 0.0767. The molecule has 2 aliphatic rings. The predicted octanol–water partition coefficient (Wildman–Crippen LogP) is 3.65. The van der Waals surface area contributed by atoms with Gasteiger partial charge < -0.3 is 10.6 Å². The molecule has 0 radical (unpaired) electrons. The van der Waals surface area contributed by atoms with Crippen LogP contribution in [-0.4, -0.2) is 17.6 Å². The number of aromatic nitrogens is 1. The minimum Gasteiger partial charge on any atom is -0.367 e. The fraction of sp³-hybridized carbons (Fsp3) is 0.706. The lowest BCUT2D eigenvalue weighted by Gasteiger charge is -2.45. The summed E-state index contributed by atoms with van der Waals surface area (Å²) in [7, 11) is 0. The second-order valence-corrected chi connectivity index (χ2v) is 6.40. The van der Waals surface area contributed by atoms with E-state index in [0.29, 0.717) is 0 Å². The van der Waals surface area contributed by atoms with Gasteiger partial charge in [-0.15, -0.1) is 0 Å². The van der Waals surface area contributed by atoms with E-state index in [4.69, 9.17) is 5.73 Å². The average molecular weight is 273 g/mol. The van der Waals surface area contributed by atoms with Gasteiger partial charge in [0, 0.05) is 18.6 Å². The number of nitrogens with two attached hydrogens (primary N) is 1. The van der Waals surface area contributed by atoms with Gasteiger partial charge in [-0.05, 0) is 50.2 Å². The van der Waals surface area contributed by atoms with E-state index in [1.807, 2.05) is 6.20 Å². The molecule has 110 valence electrons. The minimum absolute atomic E-state index is 0.0767. The third-order valence-electron chi connectivity index (χ3n) is 5.17. The van der Waals surface area contributed by atoms with E-state index in [1.165, 1.54) is 50.8 Å². The van der Waals surface area contributed by atoms with E-state index in [0.717, 1.165) is 24.1 Å². The number of piperidine rings is 1. The Labute approximate surface area is 122 Å². The van der Waals surface area contributed by atoms with Crippen LogP contribution in [0.3, 0.4) is 0 Å². The maximum Gasteiger partial charge on any atom is 0.0572 e. The molecule has 3 atom stereocenters. The maximum atomic E-state index is 6.05. The van der Waals surface area contributed by atoms with Gasteiger partial charge in [-0.2, -0.15) is 0 Å². The number of hydrogen-bond donors (Lipinski definition) is 1. The lowest BCUT2D eigenvalue weighted by molar-refractivity contribution is 0.243. The van der Waals surface area contributed by atoms with E-state index in [9.17, 15) is 0 Å². The Balaban J connectivity index is 1.77. The van der Waals surface area contributed by atoms with Crippen molar-refractivity contribution in [3.8, 4) is 0 Å². The first-order valence-electron chi connectivity index (χ1n) is 8.27. The standard InChI is InChI=1S/C17H27N3/c1-2-15(18)16-10-9-14(12-19-16)20-11-5-7-13-6-3-4-8-17(13)20/h9-10,12-13,15,17H,2-8,11,18H2,1H3. The summed E-state index contributed by atoms with van der Waals surface area (Å²) in [6, 6.07) is 5.18. The lowest BCUT2D eigenvalue weighted by Crippen LogP contribution is -2.46. The highest BCUT2D eigenvalue weighted by Gasteiger charge is 2.33. The topological polar surface area (TPSA) is 42.1 Å². The van der Waals surface area contributed by atoms with Crippen LogP contribution >= 0.6 is 0 Å². The zero-order valence-electron chi connectivity index (χ0n) is 12.6. The zero-order valence-corrected chi connectivity index (χ0v) is 12.6. The van der Waals surface area contributed by atoms with Crippen LogP contribution in [0.25, 0.3) is 0 Å². The van der Waals surface area contributed by atoms with E-state index >= 15 is 0 Å². The summed E-state index contributed by atoms with van der Waals surface area (Å²) >= 11 is 0. The summed E-state index contributed by atoms with van der Waals surface area (Å²) in [4.78, 5) is 7.21. The molecule has 2 fully saturated rings. The van der Waals surface area contributed by atoms with Crippen molar-refractivity contribution in [2.24, 2.45) is 11.7 Å². The molecule has 1 saturated heterocycles. The number of fused-ring (bicyclic) bond motifs is 1. The lowest BCUT2D eigenvalue weighted by atomic mass is 9.78. The van der Waals surface area contributed by atoms with Gasteiger partial charge in [0.1, 0.15) is 0 Å². The van der Waals surface area contributed by atoms with Crippen molar-refractivity contribution >= 4 is 5.69 Å². The SMILES string of the molecule is CCC(N)c1ccc(N2CCCC3CCCCC32)cn1. The molecule has 1 aliphatic carbocycles. The summed E-state index contributed by atoms with van der Waals surface area (Å²) in [5.74, 6) is 0.912. The molecule has 1 aliphatic heterocycles. The Hall–Kier alpha value is -1.09. The summed E-state index contributed by atoms with van der Waals surface area (Å²) in [6.45, 7) is 3.31. The molecule has 0 amide bonds. The van der Waals surface area contributed by atoms with Gasteiger partial charge in [0.2, 0.25) is 0 Å². The van der Waals surface area contributed by atoms with Gasteiger partial charge in [0.25, 0.3) is 0 Å². The van der Waals surface area contributed by atoms with Crippen molar-refractivity contribution in [3.05, 3.63) is 24.0 Å².